The highest BCUT2D eigenvalue weighted by atomic mass is 16.1. The van der Waals surface area contributed by atoms with E-state index in [0.29, 0.717) is 5.57 Å². The molecule has 0 spiro atoms. The number of hydrogen-bond donors (Lipinski definition) is 2. The van der Waals surface area contributed by atoms with Gasteiger partial charge in [0.2, 0.25) is 0 Å². The van der Waals surface area contributed by atoms with E-state index in [4.69, 9.17) is 0 Å². The van der Waals surface area contributed by atoms with Gasteiger partial charge < -0.3 is 10.3 Å². The van der Waals surface area contributed by atoms with E-state index in [2.05, 4.69) is 32.9 Å². The zero-order valence-corrected chi connectivity index (χ0v) is 14.9. The number of pyridine rings is 2. The number of hydrogen-bond acceptors (Lipinski definition) is 3. The van der Waals surface area contributed by atoms with Crippen molar-refractivity contribution in [3.8, 4) is 22.3 Å². The molecule has 0 saturated heterocycles. The van der Waals surface area contributed by atoms with Crippen LogP contribution < -0.4 is 5.32 Å². The third kappa shape index (κ3) is 3.35. The molecule has 0 radical (unpaired) electrons. The summed E-state index contributed by atoms with van der Waals surface area (Å²) in [6.07, 6.45) is 7.36. The lowest BCUT2D eigenvalue weighted by molar-refractivity contribution is -0.112. The van der Waals surface area contributed by atoms with E-state index in [1.807, 2.05) is 55.0 Å². The normalized spacial score (nSPS) is 10.7. The van der Waals surface area contributed by atoms with E-state index in [-0.39, 0.29) is 5.91 Å². The summed E-state index contributed by atoms with van der Waals surface area (Å²) in [5.41, 5.74) is 6.05. The van der Waals surface area contributed by atoms with Gasteiger partial charge in [-0.15, -0.1) is 0 Å². The van der Waals surface area contributed by atoms with E-state index in [0.717, 1.165) is 39.0 Å². The molecule has 0 unspecified atom stereocenters. The summed E-state index contributed by atoms with van der Waals surface area (Å²) in [7, 11) is 0. The van der Waals surface area contributed by atoms with E-state index in [9.17, 15) is 4.79 Å². The Kier molecular flexibility index (Phi) is 4.26. The second-order valence-electron chi connectivity index (χ2n) is 6.38. The predicted octanol–water partition coefficient (Wildman–Crippen LogP) is 4.81. The second-order valence-corrected chi connectivity index (χ2v) is 6.38. The molecular weight excluding hydrogens is 336 g/mol. The third-order valence-electron chi connectivity index (χ3n) is 4.35. The largest absolute Gasteiger partial charge is 0.346 e. The van der Waals surface area contributed by atoms with Gasteiger partial charge in [-0.25, -0.2) is 4.98 Å². The lowest BCUT2D eigenvalue weighted by atomic mass is 10.0. The average Bonchev–Trinajstić information content (AvgIpc) is 3.12. The molecule has 3 aromatic heterocycles. The molecule has 27 heavy (non-hydrogen) atoms. The fourth-order valence-corrected chi connectivity index (χ4v) is 2.94. The van der Waals surface area contributed by atoms with Crippen LogP contribution >= 0.6 is 0 Å². The summed E-state index contributed by atoms with van der Waals surface area (Å²) in [6.45, 7) is 5.35. The van der Waals surface area contributed by atoms with Crippen molar-refractivity contribution in [1.82, 2.24) is 15.0 Å². The zero-order chi connectivity index (χ0) is 18.8. The fraction of sp³-hybridized carbons (Fsp3) is 0.0455. The zero-order valence-electron chi connectivity index (χ0n) is 14.9. The van der Waals surface area contributed by atoms with Crippen molar-refractivity contribution in [3.63, 3.8) is 0 Å². The minimum absolute atomic E-state index is 0.190. The molecule has 0 aliphatic heterocycles. The first-order valence-corrected chi connectivity index (χ1v) is 8.56. The Morgan fingerprint density at radius 2 is 1.93 bits per heavy atom. The maximum atomic E-state index is 11.9. The van der Waals surface area contributed by atoms with Gasteiger partial charge in [-0.1, -0.05) is 24.8 Å². The molecule has 0 bridgehead atoms. The maximum Gasteiger partial charge on any atom is 0.250 e. The van der Waals surface area contributed by atoms with Crippen LogP contribution in [0.3, 0.4) is 0 Å². The molecular formula is C22H18N4O. The van der Waals surface area contributed by atoms with Gasteiger partial charge in [-0.3, -0.25) is 9.78 Å². The number of aromatic amines is 1. The van der Waals surface area contributed by atoms with Crippen LogP contribution in [0.15, 0.2) is 79.4 Å². The first-order chi connectivity index (χ1) is 13.1. The van der Waals surface area contributed by atoms with Gasteiger partial charge in [-0.2, -0.15) is 0 Å². The number of nitrogens with zero attached hydrogens (tertiary/aromatic N) is 2. The Hall–Kier alpha value is -3.73. The van der Waals surface area contributed by atoms with Crippen LogP contribution in [-0.2, 0) is 4.79 Å². The summed E-state index contributed by atoms with van der Waals surface area (Å²) >= 11 is 0. The Morgan fingerprint density at radius 3 is 2.70 bits per heavy atom. The number of anilines is 1. The number of nitrogens with one attached hydrogen (secondary N) is 2. The predicted molar refractivity (Wildman–Crippen MR) is 108 cm³/mol. The van der Waals surface area contributed by atoms with Crippen LogP contribution in [-0.4, -0.2) is 20.9 Å². The van der Waals surface area contributed by atoms with E-state index < -0.39 is 0 Å². The summed E-state index contributed by atoms with van der Waals surface area (Å²) < 4.78 is 0. The number of H-pyrrole nitrogens is 1. The van der Waals surface area contributed by atoms with E-state index >= 15 is 0 Å². The molecule has 0 atom stereocenters. The van der Waals surface area contributed by atoms with Crippen molar-refractivity contribution < 1.29 is 4.79 Å². The standard InChI is InChI=1S/C22H18N4O/c1-14(2)22(27)26-18-7-3-5-15(9-18)17-10-19-20(13-25-21(19)24-12-17)16-6-4-8-23-11-16/h3-13H,1H2,2H3,(H,24,25)(H,26,27). The minimum Gasteiger partial charge on any atom is -0.346 e. The molecule has 5 nitrogen and oxygen atoms in total. The Labute approximate surface area is 156 Å². The highest BCUT2D eigenvalue weighted by molar-refractivity contribution is 6.03. The van der Waals surface area contributed by atoms with E-state index in [1.54, 1.807) is 13.1 Å². The number of aromatic nitrogens is 3. The van der Waals surface area contributed by atoms with Gasteiger partial charge in [0.1, 0.15) is 5.65 Å². The molecule has 2 N–H and O–H groups in total. The quantitative estimate of drug-likeness (QED) is 0.517. The monoisotopic (exact) mass is 354 g/mol. The molecule has 3 heterocycles. The first-order valence-electron chi connectivity index (χ1n) is 8.56. The SMILES string of the molecule is C=C(C)C(=O)Nc1cccc(-c2cnc3[nH]cc(-c4cccnc4)c3c2)c1. The molecule has 0 aliphatic rings. The maximum absolute atomic E-state index is 11.9. The molecule has 4 rings (SSSR count). The number of fused-ring (bicyclic) bond motifs is 1. The Balaban J connectivity index is 1.74. The van der Waals surface area contributed by atoms with Crippen molar-refractivity contribution in [2.45, 2.75) is 6.92 Å². The topological polar surface area (TPSA) is 70.7 Å². The molecule has 0 aliphatic carbocycles. The number of carbonyl (C=O) groups is 1. The van der Waals surface area contributed by atoms with Gasteiger partial charge in [0.05, 0.1) is 0 Å². The molecule has 132 valence electrons. The first kappa shape index (κ1) is 16.7. The average molecular weight is 354 g/mol. The highest BCUT2D eigenvalue weighted by Crippen LogP contribution is 2.31. The molecule has 0 saturated carbocycles. The van der Waals surface area contributed by atoms with Gasteiger partial charge in [-0.05, 0) is 36.8 Å². The van der Waals surface area contributed by atoms with Crippen LogP contribution in [0.25, 0.3) is 33.3 Å². The number of amides is 1. The molecule has 5 heteroatoms. The molecule has 1 amide bonds. The molecule has 4 aromatic rings. The van der Waals surface area contributed by atoms with E-state index in [1.165, 1.54) is 0 Å². The van der Waals surface area contributed by atoms with Crippen molar-refractivity contribution in [3.05, 3.63) is 79.4 Å². The van der Waals surface area contributed by atoms with Gasteiger partial charge in [0.15, 0.2) is 0 Å². The van der Waals surface area contributed by atoms with Crippen LogP contribution in [0, 0.1) is 0 Å². The van der Waals surface area contributed by atoms with Crippen LogP contribution in [0.1, 0.15) is 6.92 Å². The number of benzene rings is 1. The number of carbonyl (C=O) groups excluding carboxylic acids is 1. The highest BCUT2D eigenvalue weighted by Gasteiger charge is 2.10. The minimum atomic E-state index is -0.190. The summed E-state index contributed by atoms with van der Waals surface area (Å²) in [5.74, 6) is -0.190. The van der Waals surface area contributed by atoms with Crippen molar-refractivity contribution >= 4 is 22.6 Å². The van der Waals surface area contributed by atoms with Crippen LogP contribution in [0.4, 0.5) is 5.69 Å². The summed E-state index contributed by atoms with van der Waals surface area (Å²) in [6, 6.07) is 13.7. The van der Waals surface area contributed by atoms with Crippen LogP contribution in [0.2, 0.25) is 0 Å². The van der Waals surface area contributed by atoms with Crippen molar-refractivity contribution in [2.24, 2.45) is 0 Å². The molecule has 0 fully saturated rings. The van der Waals surface area contributed by atoms with Gasteiger partial charge in [0.25, 0.3) is 5.91 Å². The number of rotatable bonds is 4. The third-order valence-corrected chi connectivity index (χ3v) is 4.35. The summed E-state index contributed by atoms with van der Waals surface area (Å²) in [4.78, 5) is 23.8. The Bertz CT molecular complexity index is 1150. The van der Waals surface area contributed by atoms with Crippen LogP contribution in [0.5, 0.6) is 0 Å². The summed E-state index contributed by atoms with van der Waals surface area (Å²) in [5, 5.41) is 3.87. The van der Waals surface area contributed by atoms with Crippen molar-refractivity contribution in [1.29, 1.82) is 0 Å². The Morgan fingerprint density at radius 1 is 1.07 bits per heavy atom. The fourth-order valence-electron chi connectivity index (χ4n) is 2.94. The second kappa shape index (κ2) is 6.88. The van der Waals surface area contributed by atoms with Gasteiger partial charge >= 0.3 is 0 Å². The smallest absolute Gasteiger partial charge is 0.250 e. The lowest BCUT2D eigenvalue weighted by Crippen LogP contribution is -2.11. The van der Waals surface area contributed by atoms with Gasteiger partial charge in [0, 0.05) is 58.1 Å². The van der Waals surface area contributed by atoms with Crippen molar-refractivity contribution in [2.75, 3.05) is 5.32 Å². The lowest BCUT2D eigenvalue weighted by Gasteiger charge is -2.08. The molecule has 1 aromatic carbocycles.